The molecule has 0 fully saturated rings. The van der Waals surface area contributed by atoms with Gasteiger partial charge in [0.05, 0.1) is 5.25 Å². The quantitative estimate of drug-likeness (QED) is 0.478. The number of rotatable bonds is 2. The highest BCUT2D eigenvalue weighted by Crippen LogP contribution is 2.33. The first-order chi connectivity index (χ1) is 4.67. The monoisotopic (exact) mass is 285 g/mol. The van der Waals surface area contributed by atoms with Crippen molar-refractivity contribution in [3.63, 3.8) is 0 Å². The Bertz CT molecular complexity index is 149. The zero-order valence-corrected chi connectivity index (χ0v) is 9.65. The number of halogens is 1. The van der Waals surface area contributed by atoms with E-state index in [-0.39, 0.29) is 36.1 Å². The van der Waals surface area contributed by atoms with Crippen LogP contribution in [0.2, 0.25) is 0 Å². The molecule has 1 N–H and O–H groups in total. The summed E-state index contributed by atoms with van der Waals surface area (Å²) in [6.45, 7) is 4.39. The van der Waals surface area contributed by atoms with Crippen LogP contribution in [0.3, 0.4) is 0 Å². The molecule has 4 heteroatoms. The Morgan fingerprint density at radius 3 is 2.64 bits per heavy atom. The molecule has 0 aliphatic carbocycles. The third-order valence-electron chi connectivity index (χ3n) is 1.71. The fourth-order valence-electron chi connectivity index (χ4n) is 0.953. The zero-order valence-electron chi connectivity index (χ0n) is 6.67. The highest BCUT2D eigenvalue weighted by Gasteiger charge is 2.42. The summed E-state index contributed by atoms with van der Waals surface area (Å²) in [6, 6.07) is 0. The maximum Gasteiger partial charge on any atom is 0.448 e. The van der Waals surface area contributed by atoms with E-state index in [9.17, 15) is 0 Å². The molecule has 0 saturated heterocycles. The fourth-order valence-corrected chi connectivity index (χ4v) is 1.93. The normalized spacial score (nSPS) is 25.9. The van der Waals surface area contributed by atoms with Gasteiger partial charge >= 0.3 is 5.55 Å². The first-order valence-electron chi connectivity index (χ1n) is 3.40. The molecular formula is C7H12INOS. The molecule has 2 nitrogen and oxygen atoms in total. The second-order valence-corrected chi connectivity index (χ2v) is 3.96. The van der Waals surface area contributed by atoms with Crippen molar-refractivity contribution in [1.29, 1.82) is 0 Å². The van der Waals surface area contributed by atoms with Crippen molar-refractivity contribution in [2.24, 2.45) is 4.99 Å². The molecule has 1 rings (SSSR count). The van der Waals surface area contributed by atoms with Crippen molar-refractivity contribution in [2.75, 3.05) is 6.61 Å². The smallest absolute Gasteiger partial charge is 0.448 e. The van der Waals surface area contributed by atoms with E-state index in [1.165, 1.54) is 0 Å². The van der Waals surface area contributed by atoms with Crippen LogP contribution in [-0.2, 0) is 0 Å². The van der Waals surface area contributed by atoms with Crippen LogP contribution in [0.25, 0.3) is 0 Å². The predicted octanol–water partition coefficient (Wildman–Crippen LogP) is -1.83. The van der Waals surface area contributed by atoms with Crippen molar-refractivity contribution >= 4 is 17.3 Å². The summed E-state index contributed by atoms with van der Waals surface area (Å²) in [7, 11) is 0. The van der Waals surface area contributed by atoms with Gasteiger partial charge in [0.15, 0.2) is 11.8 Å². The molecule has 1 atom stereocenters. The standard InChI is InChI=1S/C7H12NOS.HI/c1-7(2)6(3-4-9)10-5-8-7;/h6,9H,3-4H2,1-2H3;1H/q+1;/p-1. The number of aliphatic hydroxyl groups excluding tert-OH is 1. The van der Waals surface area contributed by atoms with Crippen LogP contribution in [-0.4, -0.2) is 28.0 Å². The minimum atomic E-state index is -0.0204. The molecule has 0 aromatic heterocycles. The Morgan fingerprint density at radius 1 is 1.64 bits per heavy atom. The van der Waals surface area contributed by atoms with Crippen LogP contribution < -0.4 is 24.0 Å². The summed E-state index contributed by atoms with van der Waals surface area (Å²) < 4.78 is 0. The Hall–Kier alpha value is 0.620. The van der Waals surface area contributed by atoms with Gasteiger partial charge in [0.2, 0.25) is 0 Å². The topological polar surface area (TPSA) is 32.6 Å². The third kappa shape index (κ3) is 2.86. The highest BCUT2D eigenvalue weighted by molar-refractivity contribution is 8.13. The second kappa shape index (κ2) is 4.60. The molecule has 0 radical (unpaired) electrons. The molecular weight excluding hydrogens is 273 g/mol. The van der Waals surface area contributed by atoms with E-state index in [0.717, 1.165) is 6.42 Å². The largest absolute Gasteiger partial charge is 1.00 e. The van der Waals surface area contributed by atoms with Crippen LogP contribution >= 0.6 is 11.8 Å². The van der Waals surface area contributed by atoms with Gasteiger partial charge in [-0.3, -0.25) is 0 Å². The summed E-state index contributed by atoms with van der Waals surface area (Å²) in [6.07, 6.45) is 0.814. The van der Waals surface area contributed by atoms with Gasteiger partial charge in [-0.2, -0.15) is 0 Å². The lowest BCUT2D eigenvalue weighted by atomic mass is 9.99. The summed E-state index contributed by atoms with van der Waals surface area (Å²) in [5, 5.41) is 9.09. The molecule has 0 bridgehead atoms. The molecule has 0 amide bonds. The number of hydrogen-bond acceptors (Lipinski definition) is 3. The Balaban J connectivity index is 0.000001000. The van der Waals surface area contributed by atoms with Crippen LogP contribution in [0.4, 0.5) is 0 Å². The summed E-state index contributed by atoms with van der Waals surface area (Å²) in [4.78, 5) is 4.17. The zero-order chi connectivity index (χ0) is 7.61. The van der Waals surface area contributed by atoms with E-state index < -0.39 is 0 Å². The lowest BCUT2D eigenvalue weighted by molar-refractivity contribution is -0.00000347. The Kier molecular flexibility index (Phi) is 4.86. The molecule has 0 aromatic carbocycles. The number of nitrogens with zero attached hydrogens (tertiary/aromatic N) is 1. The van der Waals surface area contributed by atoms with Crippen molar-refractivity contribution in [3.8, 4) is 0 Å². The molecule has 64 valence electrons. The average Bonchev–Trinajstić information content (AvgIpc) is 2.13. The van der Waals surface area contributed by atoms with Gasteiger partial charge in [-0.15, -0.1) is 0 Å². The average molecular weight is 285 g/mol. The van der Waals surface area contributed by atoms with Crippen molar-refractivity contribution in [2.45, 2.75) is 31.1 Å². The Morgan fingerprint density at radius 2 is 2.27 bits per heavy atom. The van der Waals surface area contributed by atoms with Gasteiger partial charge in [0.1, 0.15) is 5.54 Å². The van der Waals surface area contributed by atoms with Crippen LogP contribution in [0.15, 0.2) is 4.99 Å². The SMILES string of the molecule is CC1(C)N=[C+]SC1CCO.[I-]. The third-order valence-corrected chi connectivity index (χ3v) is 3.00. The molecule has 1 heterocycles. The van der Waals surface area contributed by atoms with Crippen molar-refractivity contribution in [3.05, 3.63) is 0 Å². The summed E-state index contributed by atoms with van der Waals surface area (Å²) in [5.74, 6) is 0. The van der Waals surface area contributed by atoms with Crippen LogP contribution in [0, 0.1) is 0 Å². The lowest BCUT2D eigenvalue weighted by Crippen LogP contribution is -3.00. The molecule has 11 heavy (non-hydrogen) atoms. The van der Waals surface area contributed by atoms with Gasteiger partial charge in [-0.1, -0.05) is 0 Å². The molecule has 0 aromatic rings. The van der Waals surface area contributed by atoms with Crippen molar-refractivity contribution < 1.29 is 29.1 Å². The van der Waals surface area contributed by atoms with E-state index in [2.05, 4.69) is 24.4 Å². The maximum absolute atomic E-state index is 8.68. The van der Waals surface area contributed by atoms with Gasteiger partial charge < -0.3 is 29.1 Å². The minimum absolute atomic E-state index is 0. The van der Waals surface area contributed by atoms with E-state index in [0.29, 0.717) is 5.25 Å². The van der Waals surface area contributed by atoms with Crippen LogP contribution in [0.1, 0.15) is 20.3 Å². The molecule has 0 saturated carbocycles. The van der Waals surface area contributed by atoms with Gasteiger partial charge in [0, 0.05) is 6.61 Å². The van der Waals surface area contributed by atoms with E-state index in [1.807, 2.05) is 0 Å². The Labute approximate surface area is 88.9 Å². The van der Waals surface area contributed by atoms with Gasteiger partial charge in [-0.05, 0) is 25.3 Å². The fraction of sp³-hybridized carbons (Fsp3) is 0.857. The van der Waals surface area contributed by atoms with E-state index in [4.69, 9.17) is 5.11 Å². The molecule has 1 unspecified atom stereocenters. The molecule has 0 spiro atoms. The van der Waals surface area contributed by atoms with Gasteiger partial charge in [0.25, 0.3) is 0 Å². The predicted molar refractivity (Wildman–Crippen MR) is 44.6 cm³/mol. The molecule has 1 aliphatic rings. The maximum atomic E-state index is 8.68. The van der Waals surface area contributed by atoms with Crippen molar-refractivity contribution in [1.82, 2.24) is 0 Å². The number of aliphatic imine (C=N–C) groups is 1. The molecule has 1 aliphatic heterocycles. The first-order valence-corrected chi connectivity index (χ1v) is 4.28. The van der Waals surface area contributed by atoms with Gasteiger partial charge in [-0.25, -0.2) is 0 Å². The summed E-state index contributed by atoms with van der Waals surface area (Å²) >= 11 is 1.60. The number of thioether (sulfide) groups is 1. The van der Waals surface area contributed by atoms with E-state index >= 15 is 0 Å². The second-order valence-electron chi connectivity index (χ2n) is 2.98. The summed E-state index contributed by atoms with van der Waals surface area (Å²) in [5.41, 5.74) is 2.86. The first kappa shape index (κ1) is 11.6. The minimum Gasteiger partial charge on any atom is -1.00 e. The van der Waals surface area contributed by atoms with E-state index in [1.54, 1.807) is 11.8 Å². The van der Waals surface area contributed by atoms with Crippen LogP contribution in [0.5, 0.6) is 0 Å². The number of aliphatic hydroxyl groups is 1. The number of hydrogen-bond donors (Lipinski definition) is 1. The lowest BCUT2D eigenvalue weighted by Gasteiger charge is -2.15. The highest BCUT2D eigenvalue weighted by atomic mass is 127.